The number of carbonyl (C=O) groups is 3. The highest BCUT2D eigenvalue weighted by Gasteiger charge is 2.58. The Bertz CT molecular complexity index is 1080. The van der Waals surface area contributed by atoms with Gasteiger partial charge in [0.2, 0.25) is 11.5 Å². The zero-order valence-corrected chi connectivity index (χ0v) is 19.5. The topological polar surface area (TPSA) is 66.9 Å². The summed E-state index contributed by atoms with van der Waals surface area (Å²) >= 11 is 3.45. The van der Waals surface area contributed by atoms with Crippen LogP contribution in [-0.4, -0.2) is 40.3 Å². The van der Waals surface area contributed by atoms with Crippen molar-refractivity contribution in [2.45, 2.75) is 50.8 Å². The molecule has 0 radical (unpaired) electrons. The van der Waals surface area contributed by atoms with Crippen molar-refractivity contribution in [2.75, 3.05) is 6.54 Å². The lowest BCUT2D eigenvalue weighted by Gasteiger charge is -2.30. The number of nitrogens with zero attached hydrogens (tertiary/aromatic N) is 2. The predicted molar refractivity (Wildman–Crippen MR) is 122 cm³/mol. The average Bonchev–Trinajstić information content (AvgIpc) is 3.54. The lowest BCUT2D eigenvalue weighted by molar-refractivity contribution is -0.143. The zero-order valence-electron chi connectivity index (χ0n) is 17.9. The second-order valence-corrected chi connectivity index (χ2v) is 9.89. The summed E-state index contributed by atoms with van der Waals surface area (Å²) in [5, 5.41) is 0. The molecule has 6 nitrogen and oxygen atoms in total. The van der Waals surface area contributed by atoms with E-state index in [-0.39, 0.29) is 18.5 Å². The Morgan fingerprint density at radius 2 is 1.97 bits per heavy atom. The van der Waals surface area contributed by atoms with Crippen molar-refractivity contribution in [1.29, 1.82) is 0 Å². The van der Waals surface area contributed by atoms with Crippen molar-refractivity contribution in [2.24, 2.45) is 5.92 Å². The van der Waals surface area contributed by atoms with Crippen molar-refractivity contribution < 1.29 is 19.1 Å². The zero-order chi connectivity index (χ0) is 22.5. The van der Waals surface area contributed by atoms with Gasteiger partial charge in [0, 0.05) is 29.0 Å². The fraction of sp³-hybridized carbons (Fsp3) is 0.400. The number of ether oxygens (including phenoxy) is 1. The molecule has 3 aliphatic rings. The number of hydrogen-bond acceptors (Lipinski definition) is 4. The smallest absolute Gasteiger partial charge is 0.418 e. The van der Waals surface area contributed by atoms with Crippen molar-refractivity contribution in [3.63, 3.8) is 0 Å². The third kappa shape index (κ3) is 3.62. The van der Waals surface area contributed by atoms with E-state index in [1.807, 2.05) is 48.5 Å². The Hall–Kier alpha value is -2.67. The van der Waals surface area contributed by atoms with Gasteiger partial charge in [-0.2, -0.15) is 0 Å². The molecule has 3 amide bonds. The highest BCUT2D eigenvalue weighted by atomic mass is 79.9. The Morgan fingerprint density at radius 3 is 2.69 bits per heavy atom. The standard InChI is InChI=1S/C25H25BrN2O4/c1-16(18-7-8-18)27(14-17-5-3-2-4-6-17)22(29)15-28-23(30)25(32-24(28)31)12-11-19-9-10-20(26)13-21(19)25/h2-6,9-10,13,16,18H,7-8,11-12,14-15H2,1H3/t16-,25+/m0/s1. The predicted octanol–water partition coefficient (Wildman–Crippen LogP) is 4.40. The van der Waals surface area contributed by atoms with E-state index in [1.54, 1.807) is 4.90 Å². The van der Waals surface area contributed by atoms with Gasteiger partial charge in [-0.05, 0) is 55.4 Å². The maximum Gasteiger partial charge on any atom is 0.418 e. The van der Waals surface area contributed by atoms with Gasteiger partial charge < -0.3 is 9.64 Å². The minimum Gasteiger partial charge on any atom is -0.427 e. The number of rotatable bonds is 6. The molecule has 2 aromatic rings. The number of aryl methyl sites for hydroxylation is 1. The van der Waals surface area contributed by atoms with Gasteiger partial charge >= 0.3 is 6.09 Å². The summed E-state index contributed by atoms with van der Waals surface area (Å²) in [6.07, 6.45) is 2.51. The number of benzene rings is 2. The van der Waals surface area contributed by atoms with Gasteiger partial charge in [-0.25, -0.2) is 9.69 Å². The minimum absolute atomic E-state index is 0.0496. The molecule has 1 saturated carbocycles. The Morgan fingerprint density at radius 1 is 1.22 bits per heavy atom. The quantitative estimate of drug-likeness (QED) is 0.594. The van der Waals surface area contributed by atoms with E-state index in [9.17, 15) is 14.4 Å². The highest BCUT2D eigenvalue weighted by Crippen LogP contribution is 2.46. The molecule has 2 aromatic carbocycles. The van der Waals surface area contributed by atoms with E-state index >= 15 is 0 Å². The molecular weight excluding hydrogens is 472 g/mol. The molecule has 2 aliphatic carbocycles. The average molecular weight is 497 g/mol. The van der Waals surface area contributed by atoms with Gasteiger partial charge in [-0.15, -0.1) is 0 Å². The van der Waals surface area contributed by atoms with Gasteiger partial charge in [0.1, 0.15) is 6.54 Å². The molecule has 1 saturated heterocycles. The molecule has 0 N–H and O–H groups in total. The first-order chi connectivity index (χ1) is 15.4. The molecule has 0 aromatic heterocycles. The fourth-order valence-corrected chi connectivity index (χ4v) is 5.26. The maximum atomic E-state index is 13.4. The van der Waals surface area contributed by atoms with Gasteiger partial charge in [0.25, 0.3) is 5.91 Å². The SMILES string of the molecule is C[C@@H](C1CC1)N(Cc1ccccc1)C(=O)CN1C(=O)O[C@@]2(CCc3ccc(Br)cc32)C1=O. The van der Waals surface area contributed by atoms with Crippen molar-refractivity contribution in [3.8, 4) is 0 Å². The van der Waals surface area contributed by atoms with Crippen LogP contribution in [0.25, 0.3) is 0 Å². The lowest BCUT2D eigenvalue weighted by Crippen LogP contribution is -2.47. The second-order valence-electron chi connectivity index (χ2n) is 8.97. The summed E-state index contributed by atoms with van der Waals surface area (Å²) in [4.78, 5) is 42.4. The summed E-state index contributed by atoms with van der Waals surface area (Å²) in [7, 11) is 0. The molecule has 1 heterocycles. The van der Waals surface area contributed by atoms with Crippen molar-refractivity contribution in [3.05, 3.63) is 69.7 Å². The van der Waals surface area contributed by atoms with Crippen LogP contribution in [0.4, 0.5) is 4.79 Å². The van der Waals surface area contributed by atoms with Crippen LogP contribution in [-0.2, 0) is 32.9 Å². The van der Waals surface area contributed by atoms with Crippen LogP contribution in [0, 0.1) is 5.92 Å². The maximum absolute atomic E-state index is 13.4. The van der Waals surface area contributed by atoms with Crippen molar-refractivity contribution in [1.82, 2.24) is 9.80 Å². The normalized spacial score (nSPS) is 22.8. The van der Waals surface area contributed by atoms with Crippen LogP contribution in [0.2, 0.25) is 0 Å². The molecule has 0 bridgehead atoms. The van der Waals surface area contributed by atoms with Crippen LogP contribution in [0.3, 0.4) is 0 Å². The molecule has 166 valence electrons. The van der Waals surface area contributed by atoms with Gasteiger partial charge in [-0.3, -0.25) is 9.59 Å². The van der Waals surface area contributed by atoms with E-state index in [2.05, 4.69) is 22.9 Å². The number of amides is 3. The van der Waals surface area contributed by atoms with Gasteiger partial charge in [0.05, 0.1) is 0 Å². The highest BCUT2D eigenvalue weighted by molar-refractivity contribution is 9.10. The molecular formula is C25H25BrN2O4. The van der Waals surface area contributed by atoms with Crippen LogP contribution in [0.5, 0.6) is 0 Å². The molecule has 7 heteroatoms. The van der Waals surface area contributed by atoms with Gasteiger partial charge in [0.15, 0.2) is 0 Å². The number of fused-ring (bicyclic) bond motifs is 2. The van der Waals surface area contributed by atoms with E-state index in [0.29, 0.717) is 30.9 Å². The van der Waals surface area contributed by atoms with Crippen LogP contribution < -0.4 is 0 Å². The second kappa shape index (κ2) is 8.03. The molecule has 1 aliphatic heterocycles. The van der Waals surface area contributed by atoms with Crippen LogP contribution >= 0.6 is 15.9 Å². The van der Waals surface area contributed by atoms with Crippen molar-refractivity contribution >= 4 is 33.8 Å². The minimum atomic E-state index is -1.32. The third-order valence-electron chi connectivity index (χ3n) is 6.93. The molecule has 2 atom stereocenters. The van der Waals surface area contributed by atoms with Crippen LogP contribution in [0.1, 0.15) is 42.9 Å². The first-order valence-corrected chi connectivity index (χ1v) is 11.9. The number of imide groups is 1. The van der Waals surface area contributed by atoms with E-state index in [4.69, 9.17) is 4.74 Å². The lowest BCUT2D eigenvalue weighted by atomic mass is 9.95. The molecule has 1 spiro atoms. The van der Waals surface area contributed by atoms with Gasteiger partial charge in [-0.1, -0.05) is 52.3 Å². The molecule has 32 heavy (non-hydrogen) atoms. The number of carbonyl (C=O) groups excluding carboxylic acids is 3. The summed E-state index contributed by atoms with van der Waals surface area (Å²) < 4.78 is 6.50. The molecule has 2 fully saturated rings. The Labute approximate surface area is 195 Å². The van der Waals surface area contributed by atoms with E-state index in [1.165, 1.54) is 0 Å². The first kappa shape index (κ1) is 21.2. The fourth-order valence-electron chi connectivity index (χ4n) is 4.90. The largest absolute Gasteiger partial charge is 0.427 e. The molecule has 5 rings (SSSR count). The molecule has 0 unspecified atom stereocenters. The summed E-state index contributed by atoms with van der Waals surface area (Å²) in [6.45, 7) is 2.21. The first-order valence-electron chi connectivity index (χ1n) is 11.1. The Balaban J connectivity index is 1.38. The van der Waals surface area contributed by atoms with Crippen LogP contribution in [0.15, 0.2) is 53.0 Å². The number of hydrogen-bond donors (Lipinski definition) is 0. The number of halogens is 1. The van der Waals surface area contributed by atoms with E-state index < -0.39 is 17.6 Å². The monoisotopic (exact) mass is 496 g/mol. The Kier molecular flexibility index (Phi) is 5.32. The summed E-state index contributed by atoms with van der Waals surface area (Å²) in [5.41, 5.74) is 1.42. The van der Waals surface area contributed by atoms with E-state index in [0.717, 1.165) is 33.3 Å². The summed E-state index contributed by atoms with van der Waals surface area (Å²) in [6, 6.07) is 15.6. The summed E-state index contributed by atoms with van der Waals surface area (Å²) in [5.74, 6) is -0.205. The third-order valence-corrected chi connectivity index (χ3v) is 7.42.